The molecule has 0 aromatic carbocycles. The number of ether oxygens (including phenoxy) is 2. The van der Waals surface area contributed by atoms with Crippen molar-refractivity contribution in [2.75, 3.05) is 37.9 Å². The van der Waals surface area contributed by atoms with Gasteiger partial charge in [-0.15, -0.1) is 0 Å². The molecule has 124 valence electrons. The van der Waals surface area contributed by atoms with E-state index in [0.29, 0.717) is 23.3 Å². The molecule has 0 amide bonds. The fourth-order valence-electron chi connectivity index (χ4n) is 2.82. The number of anilines is 2. The number of aromatic nitrogens is 2. The molecule has 1 aliphatic carbocycles. The van der Waals surface area contributed by atoms with Crippen molar-refractivity contribution in [2.45, 2.75) is 51.4 Å². The second-order valence-corrected chi connectivity index (χ2v) is 5.67. The summed E-state index contributed by atoms with van der Waals surface area (Å²) in [5.41, 5.74) is 6.57. The third-order valence-electron chi connectivity index (χ3n) is 4.05. The van der Waals surface area contributed by atoms with E-state index in [1.807, 2.05) is 6.92 Å². The number of nitrogens with zero attached hydrogens (tertiary/aromatic N) is 2. The highest BCUT2D eigenvalue weighted by atomic mass is 16.5. The molecule has 22 heavy (non-hydrogen) atoms. The Bertz CT molecular complexity index is 462. The minimum absolute atomic E-state index is 0.423. The molecule has 0 bridgehead atoms. The van der Waals surface area contributed by atoms with Crippen LogP contribution in [-0.2, 0) is 4.74 Å². The molecule has 3 N–H and O–H groups in total. The second-order valence-electron chi connectivity index (χ2n) is 5.67. The maximum absolute atomic E-state index is 6.09. The van der Waals surface area contributed by atoms with Crippen molar-refractivity contribution in [1.82, 2.24) is 9.97 Å². The van der Waals surface area contributed by atoms with Crippen LogP contribution in [0.3, 0.4) is 0 Å². The summed E-state index contributed by atoms with van der Waals surface area (Å²) in [7, 11) is 1.60. The van der Waals surface area contributed by atoms with Gasteiger partial charge in [0.25, 0.3) is 0 Å². The van der Waals surface area contributed by atoms with E-state index < -0.39 is 0 Å². The lowest BCUT2D eigenvalue weighted by atomic mass is 9.88. The average molecular weight is 308 g/mol. The summed E-state index contributed by atoms with van der Waals surface area (Å²) < 4.78 is 10.7. The van der Waals surface area contributed by atoms with E-state index in [4.69, 9.17) is 15.2 Å². The van der Waals surface area contributed by atoms with Crippen LogP contribution in [0.4, 0.5) is 11.5 Å². The van der Waals surface area contributed by atoms with E-state index in [9.17, 15) is 0 Å². The van der Waals surface area contributed by atoms with Crippen LogP contribution in [0.5, 0.6) is 5.88 Å². The summed E-state index contributed by atoms with van der Waals surface area (Å²) >= 11 is 0. The molecule has 0 saturated heterocycles. The van der Waals surface area contributed by atoms with Crippen molar-refractivity contribution in [1.29, 1.82) is 0 Å². The van der Waals surface area contributed by atoms with Crippen LogP contribution in [0.2, 0.25) is 0 Å². The summed E-state index contributed by atoms with van der Waals surface area (Å²) in [6, 6.07) is 0. The van der Waals surface area contributed by atoms with E-state index in [1.165, 1.54) is 19.3 Å². The van der Waals surface area contributed by atoms with Crippen LogP contribution in [0, 0.1) is 0 Å². The van der Waals surface area contributed by atoms with Crippen LogP contribution in [0.1, 0.15) is 57.2 Å². The normalized spacial score (nSPS) is 15.7. The maximum Gasteiger partial charge on any atom is 0.242 e. The third-order valence-corrected chi connectivity index (χ3v) is 4.05. The lowest BCUT2D eigenvalue weighted by Crippen LogP contribution is -2.15. The van der Waals surface area contributed by atoms with Gasteiger partial charge >= 0.3 is 0 Å². The molecule has 0 aliphatic heterocycles. The Morgan fingerprint density at radius 2 is 2.00 bits per heavy atom. The lowest BCUT2D eigenvalue weighted by Gasteiger charge is -2.22. The number of hydrogen-bond acceptors (Lipinski definition) is 6. The van der Waals surface area contributed by atoms with E-state index >= 15 is 0 Å². The van der Waals surface area contributed by atoms with Gasteiger partial charge in [0.05, 0.1) is 7.11 Å². The molecule has 0 unspecified atom stereocenters. The summed E-state index contributed by atoms with van der Waals surface area (Å²) in [5.74, 6) is 2.44. The SMILES string of the molecule is CCOCCCNc1nc(C2CCCCC2)nc(OC)c1N. The fraction of sp³-hybridized carbons (Fsp3) is 0.750. The first-order chi connectivity index (χ1) is 10.8. The summed E-state index contributed by atoms with van der Waals surface area (Å²) in [6.07, 6.45) is 7.02. The monoisotopic (exact) mass is 308 g/mol. The molecule has 1 heterocycles. The van der Waals surface area contributed by atoms with Crippen molar-refractivity contribution < 1.29 is 9.47 Å². The minimum atomic E-state index is 0.423. The highest BCUT2D eigenvalue weighted by molar-refractivity contribution is 5.67. The fourth-order valence-corrected chi connectivity index (χ4v) is 2.82. The number of nitrogens with two attached hydrogens (primary N) is 1. The molecule has 1 aromatic rings. The first-order valence-corrected chi connectivity index (χ1v) is 8.29. The molecule has 1 saturated carbocycles. The van der Waals surface area contributed by atoms with Crippen LogP contribution in [-0.4, -0.2) is 36.8 Å². The zero-order valence-corrected chi connectivity index (χ0v) is 13.7. The number of nitrogen functional groups attached to an aromatic ring is 1. The number of hydrogen-bond donors (Lipinski definition) is 2. The number of rotatable bonds is 8. The molecule has 0 atom stereocenters. The third kappa shape index (κ3) is 4.47. The quantitative estimate of drug-likeness (QED) is 0.719. The van der Waals surface area contributed by atoms with Crippen LogP contribution in [0.15, 0.2) is 0 Å². The largest absolute Gasteiger partial charge is 0.479 e. The zero-order valence-electron chi connectivity index (χ0n) is 13.7. The Morgan fingerprint density at radius 3 is 2.68 bits per heavy atom. The first kappa shape index (κ1) is 16.8. The van der Waals surface area contributed by atoms with Gasteiger partial charge in [0.1, 0.15) is 11.5 Å². The summed E-state index contributed by atoms with van der Waals surface area (Å²) in [6.45, 7) is 4.25. The Balaban J connectivity index is 2.06. The van der Waals surface area contributed by atoms with Crippen molar-refractivity contribution in [2.24, 2.45) is 0 Å². The van der Waals surface area contributed by atoms with Gasteiger partial charge in [0, 0.05) is 25.7 Å². The average Bonchev–Trinajstić information content (AvgIpc) is 2.57. The van der Waals surface area contributed by atoms with Crippen LogP contribution < -0.4 is 15.8 Å². The van der Waals surface area contributed by atoms with E-state index in [0.717, 1.165) is 44.8 Å². The highest BCUT2D eigenvalue weighted by Gasteiger charge is 2.21. The van der Waals surface area contributed by atoms with Gasteiger partial charge in [-0.25, -0.2) is 4.98 Å². The van der Waals surface area contributed by atoms with Gasteiger partial charge < -0.3 is 20.5 Å². The molecule has 6 nitrogen and oxygen atoms in total. The Morgan fingerprint density at radius 1 is 1.23 bits per heavy atom. The van der Waals surface area contributed by atoms with Gasteiger partial charge in [0.2, 0.25) is 5.88 Å². The molecular formula is C16H28N4O2. The second kappa shape index (κ2) is 8.78. The Kier molecular flexibility index (Phi) is 6.71. The molecule has 1 aliphatic rings. The van der Waals surface area contributed by atoms with E-state index in [1.54, 1.807) is 7.11 Å². The summed E-state index contributed by atoms with van der Waals surface area (Å²) in [4.78, 5) is 9.16. The Labute approximate surface area is 132 Å². The van der Waals surface area contributed by atoms with Gasteiger partial charge in [-0.05, 0) is 26.2 Å². The standard InChI is InChI=1S/C16H28N4O2/c1-3-22-11-7-10-18-15-13(17)16(21-2)20-14(19-15)12-8-5-4-6-9-12/h12H,3-11,17H2,1-2H3,(H,18,19,20). The van der Waals surface area contributed by atoms with Gasteiger partial charge in [-0.2, -0.15) is 4.98 Å². The highest BCUT2D eigenvalue weighted by Crippen LogP contribution is 2.34. The van der Waals surface area contributed by atoms with Crippen LogP contribution >= 0.6 is 0 Å². The van der Waals surface area contributed by atoms with Gasteiger partial charge in [-0.1, -0.05) is 19.3 Å². The van der Waals surface area contributed by atoms with Crippen molar-refractivity contribution >= 4 is 11.5 Å². The predicted molar refractivity (Wildman–Crippen MR) is 88.4 cm³/mol. The topological polar surface area (TPSA) is 82.3 Å². The lowest BCUT2D eigenvalue weighted by molar-refractivity contribution is 0.147. The van der Waals surface area contributed by atoms with Crippen LogP contribution in [0.25, 0.3) is 0 Å². The maximum atomic E-state index is 6.09. The molecule has 0 radical (unpaired) electrons. The van der Waals surface area contributed by atoms with Crippen molar-refractivity contribution in [3.63, 3.8) is 0 Å². The number of nitrogens with one attached hydrogen (secondary N) is 1. The van der Waals surface area contributed by atoms with Gasteiger partial charge in [0.15, 0.2) is 5.82 Å². The zero-order chi connectivity index (χ0) is 15.8. The predicted octanol–water partition coefficient (Wildman–Crippen LogP) is 2.95. The molecular weight excluding hydrogens is 280 g/mol. The van der Waals surface area contributed by atoms with Crippen molar-refractivity contribution in [3.8, 4) is 5.88 Å². The first-order valence-electron chi connectivity index (χ1n) is 8.29. The molecule has 0 spiro atoms. The smallest absolute Gasteiger partial charge is 0.242 e. The minimum Gasteiger partial charge on any atom is -0.479 e. The molecule has 1 fully saturated rings. The molecule has 6 heteroatoms. The van der Waals surface area contributed by atoms with Gasteiger partial charge in [-0.3, -0.25) is 0 Å². The van der Waals surface area contributed by atoms with Crippen molar-refractivity contribution in [3.05, 3.63) is 5.82 Å². The summed E-state index contributed by atoms with van der Waals surface area (Å²) in [5, 5.41) is 3.29. The molecule has 1 aromatic heterocycles. The Hall–Kier alpha value is -1.56. The van der Waals surface area contributed by atoms with E-state index in [-0.39, 0.29) is 0 Å². The number of methoxy groups -OCH3 is 1. The van der Waals surface area contributed by atoms with E-state index in [2.05, 4.69) is 15.3 Å². The molecule has 2 rings (SSSR count).